The molecule has 0 aromatic heterocycles. The average molecular weight is 127 g/mol. The summed E-state index contributed by atoms with van der Waals surface area (Å²) in [5.41, 5.74) is 5.61. The van der Waals surface area contributed by atoms with E-state index in [0.717, 1.165) is 13.1 Å². The second kappa shape index (κ2) is 1.62. The molecule has 0 aromatic rings. The first-order chi connectivity index (χ1) is 4.01. The van der Waals surface area contributed by atoms with E-state index in [9.17, 15) is 0 Å². The predicted octanol–water partition coefficient (Wildman–Crippen LogP) is 0.222. The van der Waals surface area contributed by atoms with Crippen molar-refractivity contribution in [1.29, 1.82) is 5.41 Å². The van der Waals surface area contributed by atoms with Crippen LogP contribution in [0.5, 0.6) is 0 Å². The molecule has 9 heavy (non-hydrogen) atoms. The highest BCUT2D eigenvalue weighted by Gasteiger charge is 2.34. The Balaban J connectivity index is 2.35. The van der Waals surface area contributed by atoms with E-state index in [1.54, 1.807) is 0 Å². The topological polar surface area (TPSA) is 53.1 Å². The van der Waals surface area contributed by atoms with Crippen LogP contribution in [0.2, 0.25) is 0 Å². The normalized spacial score (nSPS) is 23.1. The van der Waals surface area contributed by atoms with Gasteiger partial charge in [-0.25, -0.2) is 0 Å². The van der Waals surface area contributed by atoms with Crippen molar-refractivity contribution in [3.8, 4) is 0 Å². The van der Waals surface area contributed by atoms with E-state index in [2.05, 4.69) is 13.8 Å². The molecule has 0 aromatic carbocycles. The van der Waals surface area contributed by atoms with Gasteiger partial charge in [0.05, 0.1) is 0 Å². The van der Waals surface area contributed by atoms with Gasteiger partial charge in [0.15, 0.2) is 5.96 Å². The van der Waals surface area contributed by atoms with Crippen LogP contribution >= 0.6 is 0 Å². The molecule has 0 bridgehead atoms. The summed E-state index contributed by atoms with van der Waals surface area (Å²) in [5, 5.41) is 7.03. The Morgan fingerprint density at radius 2 is 2.00 bits per heavy atom. The second-order valence-electron chi connectivity index (χ2n) is 3.41. The third-order valence-electron chi connectivity index (χ3n) is 1.58. The van der Waals surface area contributed by atoms with Crippen molar-refractivity contribution in [1.82, 2.24) is 4.90 Å². The molecule has 0 spiro atoms. The van der Waals surface area contributed by atoms with E-state index in [0.29, 0.717) is 5.41 Å². The van der Waals surface area contributed by atoms with Crippen LogP contribution in [0, 0.1) is 10.8 Å². The van der Waals surface area contributed by atoms with Gasteiger partial charge < -0.3 is 10.6 Å². The highest BCUT2D eigenvalue weighted by Crippen LogP contribution is 2.27. The van der Waals surface area contributed by atoms with Crippen LogP contribution in [0.15, 0.2) is 0 Å². The molecule has 0 atom stereocenters. The van der Waals surface area contributed by atoms with Crippen molar-refractivity contribution in [3.05, 3.63) is 0 Å². The van der Waals surface area contributed by atoms with Crippen LogP contribution in [0.3, 0.4) is 0 Å². The molecular weight excluding hydrogens is 114 g/mol. The molecule has 0 amide bonds. The van der Waals surface area contributed by atoms with E-state index >= 15 is 0 Å². The summed E-state index contributed by atoms with van der Waals surface area (Å²) in [6.07, 6.45) is 0. The van der Waals surface area contributed by atoms with Crippen LogP contribution in [0.1, 0.15) is 13.8 Å². The molecule has 1 rings (SSSR count). The SMILES string of the molecule is CC1(C)CN(C(=N)N)C1. The van der Waals surface area contributed by atoms with Gasteiger partial charge in [0.2, 0.25) is 0 Å². The molecule has 52 valence electrons. The zero-order chi connectivity index (χ0) is 7.07. The molecule has 1 heterocycles. The summed E-state index contributed by atoms with van der Waals surface area (Å²) in [6, 6.07) is 0. The number of nitrogens with one attached hydrogen (secondary N) is 1. The van der Waals surface area contributed by atoms with Crippen LogP contribution < -0.4 is 5.73 Å². The Kier molecular flexibility index (Phi) is 1.15. The van der Waals surface area contributed by atoms with E-state index in [1.807, 2.05) is 4.90 Å². The maximum atomic E-state index is 7.03. The van der Waals surface area contributed by atoms with Gasteiger partial charge in [0.25, 0.3) is 0 Å². The largest absolute Gasteiger partial charge is 0.370 e. The Labute approximate surface area is 55.3 Å². The average Bonchev–Trinajstić information content (AvgIpc) is 1.59. The Hall–Kier alpha value is -0.730. The molecule has 1 aliphatic rings. The minimum Gasteiger partial charge on any atom is -0.370 e. The molecule has 0 unspecified atom stereocenters. The monoisotopic (exact) mass is 127 g/mol. The van der Waals surface area contributed by atoms with Crippen molar-refractivity contribution >= 4 is 5.96 Å². The maximum absolute atomic E-state index is 7.03. The minimum atomic E-state index is 0.203. The summed E-state index contributed by atoms with van der Waals surface area (Å²) < 4.78 is 0. The van der Waals surface area contributed by atoms with Gasteiger partial charge in [-0.2, -0.15) is 0 Å². The van der Waals surface area contributed by atoms with Crippen molar-refractivity contribution in [2.45, 2.75) is 13.8 Å². The van der Waals surface area contributed by atoms with Crippen molar-refractivity contribution in [2.75, 3.05) is 13.1 Å². The molecular formula is C6H13N3. The molecule has 0 saturated carbocycles. The van der Waals surface area contributed by atoms with Gasteiger partial charge >= 0.3 is 0 Å². The van der Waals surface area contributed by atoms with Gasteiger partial charge in [-0.1, -0.05) is 13.8 Å². The van der Waals surface area contributed by atoms with Crippen LogP contribution in [-0.2, 0) is 0 Å². The van der Waals surface area contributed by atoms with Crippen molar-refractivity contribution in [3.63, 3.8) is 0 Å². The van der Waals surface area contributed by atoms with Gasteiger partial charge in [-0.3, -0.25) is 5.41 Å². The second-order valence-corrected chi connectivity index (χ2v) is 3.41. The molecule has 0 radical (unpaired) electrons. The number of nitrogens with two attached hydrogens (primary N) is 1. The molecule has 3 N–H and O–H groups in total. The Bertz CT molecular complexity index is 131. The lowest BCUT2D eigenvalue weighted by atomic mass is 9.85. The molecule has 3 heteroatoms. The van der Waals surface area contributed by atoms with E-state index in [-0.39, 0.29) is 5.96 Å². The number of hydrogen-bond donors (Lipinski definition) is 2. The fraction of sp³-hybridized carbons (Fsp3) is 0.833. The lowest BCUT2D eigenvalue weighted by Gasteiger charge is -2.45. The first kappa shape index (κ1) is 6.39. The molecule has 1 fully saturated rings. The zero-order valence-electron chi connectivity index (χ0n) is 5.94. The summed E-state index contributed by atoms with van der Waals surface area (Å²) in [7, 11) is 0. The molecule has 1 saturated heterocycles. The third kappa shape index (κ3) is 1.15. The highest BCUT2D eigenvalue weighted by molar-refractivity contribution is 5.75. The van der Waals surface area contributed by atoms with Crippen molar-refractivity contribution in [2.24, 2.45) is 11.1 Å². The van der Waals surface area contributed by atoms with Gasteiger partial charge in [0.1, 0.15) is 0 Å². The van der Waals surface area contributed by atoms with E-state index in [1.165, 1.54) is 0 Å². The lowest BCUT2D eigenvalue weighted by molar-refractivity contribution is 0.0965. The minimum absolute atomic E-state index is 0.203. The van der Waals surface area contributed by atoms with E-state index < -0.39 is 0 Å². The summed E-state index contributed by atoms with van der Waals surface area (Å²) in [4.78, 5) is 1.86. The van der Waals surface area contributed by atoms with Crippen LogP contribution in [-0.4, -0.2) is 23.9 Å². The Morgan fingerprint density at radius 1 is 1.56 bits per heavy atom. The maximum Gasteiger partial charge on any atom is 0.188 e. The van der Waals surface area contributed by atoms with Crippen molar-refractivity contribution < 1.29 is 0 Å². The molecule has 1 aliphatic heterocycles. The first-order valence-electron chi connectivity index (χ1n) is 3.10. The smallest absolute Gasteiger partial charge is 0.188 e. The highest BCUT2D eigenvalue weighted by atomic mass is 15.3. The standard InChI is InChI=1S/C6H13N3/c1-6(2)3-9(4-6)5(7)8/h3-4H2,1-2H3,(H3,7,8). The number of nitrogens with zero attached hydrogens (tertiary/aromatic N) is 1. The third-order valence-corrected chi connectivity index (χ3v) is 1.58. The summed E-state index contributed by atoms with van der Waals surface area (Å²) in [6.45, 7) is 6.21. The quantitative estimate of drug-likeness (QED) is 0.361. The number of hydrogen-bond acceptors (Lipinski definition) is 1. The number of likely N-dealkylation sites (tertiary alicyclic amines) is 1. The van der Waals surface area contributed by atoms with Gasteiger partial charge in [-0.05, 0) is 5.41 Å². The predicted molar refractivity (Wildman–Crippen MR) is 37.3 cm³/mol. The lowest BCUT2D eigenvalue weighted by Crippen LogP contribution is -2.57. The van der Waals surface area contributed by atoms with Crippen LogP contribution in [0.4, 0.5) is 0 Å². The fourth-order valence-electron chi connectivity index (χ4n) is 1.16. The Morgan fingerprint density at radius 3 is 2.11 bits per heavy atom. The fourth-order valence-corrected chi connectivity index (χ4v) is 1.16. The van der Waals surface area contributed by atoms with E-state index in [4.69, 9.17) is 11.1 Å². The van der Waals surface area contributed by atoms with Crippen LogP contribution in [0.25, 0.3) is 0 Å². The molecule has 3 nitrogen and oxygen atoms in total. The first-order valence-corrected chi connectivity index (χ1v) is 3.10. The number of rotatable bonds is 0. The number of guanidine groups is 1. The summed E-state index contributed by atoms with van der Waals surface area (Å²) in [5.74, 6) is 0.203. The van der Waals surface area contributed by atoms with Gasteiger partial charge in [0, 0.05) is 13.1 Å². The zero-order valence-corrected chi connectivity index (χ0v) is 5.94. The van der Waals surface area contributed by atoms with Gasteiger partial charge in [-0.15, -0.1) is 0 Å². The molecule has 0 aliphatic carbocycles. The summed E-state index contributed by atoms with van der Waals surface area (Å²) >= 11 is 0.